The topological polar surface area (TPSA) is 84.3 Å². The van der Waals surface area contributed by atoms with Gasteiger partial charge in [-0.3, -0.25) is 9.78 Å². The molecule has 0 unspecified atom stereocenters. The lowest BCUT2D eigenvalue weighted by molar-refractivity contribution is 0.403. The molecule has 0 radical (unpaired) electrons. The summed E-state index contributed by atoms with van der Waals surface area (Å²) in [6, 6.07) is 0.582. The van der Waals surface area contributed by atoms with Crippen LogP contribution in [0, 0.1) is 0 Å². The minimum atomic E-state index is 0.494. The molecule has 3 aromatic rings. The Labute approximate surface area is 127 Å². The maximum atomic E-state index is 4.73. The van der Waals surface area contributed by atoms with Gasteiger partial charge in [0, 0.05) is 12.1 Å². The molecule has 22 heavy (non-hydrogen) atoms. The summed E-state index contributed by atoms with van der Waals surface area (Å²) in [5.74, 6) is 2.21. The molecule has 0 aliphatic heterocycles. The van der Waals surface area contributed by atoms with Crippen molar-refractivity contribution in [3.8, 4) is 0 Å². The van der Waals surface area contributed by atoms with Crippen molar-refractivity contribution < 1.29 is 0 Å². The first-order valence-electron chi connectivity index (χ1n) is 7.89. The van der Waals surface area contributed by atoms with Crippen LogP contribution in [-0.4, -0.2) is 29.9 Å². The van der Waals surface area contributed by atoms with Crippen LogP contribution >= 0.6 is 0 Å². The van der Waals surface area contributed by atoms with Crippen molar-refractivity contribution in [2.75, 3.05) is 5.32 Å². The van der Waals surface area contributed by atoms with Gasteiger partial charge < -0.3 is 5.32 Å². The van der Waals surface area contributed by atoms with Gasteiger partial charge in [-0.2, -0.15) is 10.2 Å². The lowest BCUT2D eigenvalue weighted by Gasteiger charge is -2.24. The number of rotatable bonds is 4. The van der Waals surface area contributed by atoms with Crippen LogP contribution in [0.15, 0.2) is 18.6 Å². The van der Waals surface area contributed by atoms with Crippen molar-refractivity contribution in [2.45, 2.75) is 44.1 Å². The third kappa shape index (κ3) is 1.96. The molecule has 2 N–H and O–H groups in total. The van der Waals surface area contributed by atoms with Gasteiger partial charge >= 0.3 is 0 Å². The maximum Gasteiger partial charge on any atom is 0.160 e. The van der Waals surface area contributed by atoms with Crippen molar-refractivity contribution in [2.24, 2.45) is 0 Å². The zero-order valence-electron chi connectivity index (χ0n) is 12.2. The van der Waals surface area contributed by atoms with Crippen LogP contribution in [0.1, 0.15) is 49.9 Å². The normalized spacial score (nSPS) is 18.5. The number of nitrogens with zero attached hydrogens (tertiary/aromatic N) is 5. The Morgan fingerprint density at radius 2 is 2.05 bits per heavy atom. The number of hydrogen-bond donors (Lipinski definition) is 2. The summed E-state index contributed by atoms with van der Waals surface area (Å²) in [6.45, 7) is 0. The van der Waals surface area contributed by atoms with Gasteiger partial charge in [0.05, 0.1) is 24.1 Å². The fourth-order valence-electron chi connectivity index (χ4n) is 2.88. The lowest BCUT2D eigenvalue weighted by Crippen LogP contribution is -2.13. The summed E-state index contributed by atoms with van der Waals surface area (Å²) in [5.41, 5.74) is 2.68. The second-order valence-electron chi connectivity index (χ2n) is 6.25. The molecule has 2 aliphatic carbocycles. The van der Waals surface area contributed by atoms with Crippen LogP contribution in [0.2, 0.25) is 0 Å². The van der Waals surface area contributed by atoms with Crippen molar-refractivity contribution in [1.82, 2.24) is 29.9 Å². The second kappa shape index (κ2) is 4.53. The SMILES string of the molecule is c1nn(C2CC2)cc1Nc1nc(C2CCC2)nc2cn[nH]c12. The fraction of sp³-hybridized carbons (Fsp3) is 0.467. The number of aromatic nitrogens is 6. The van der Waals surface area contributed by atoms with Crippen LogP contribution in [0.25, 0.3) is 11.0 Å². The van der Waals surface area contributed by atoms with Crippen molar-refractivity contribution in [3.63, 3.8) is 0 Å². The minimum absolute atomic E-state index is 0.494. The summed E-state index contributed by atoms with van der Waals surface area (Å²) in [6.07, 6.45) is 11.8. The highest BCUT2D eigenvalue weighted by atomic mass is 15.3. The van der Waals surface area contributed by atoms with Gasteiger partial charge in [0.1, 0.15) is 16.9 Å². The van der Waals surface area contributed by atoms with Gasteiger partial charge in [0.15, 0.2) is 5.82 Å². The summed E-state index contributed by atoms with van der Waals surface area (Å²) >= 11 is 0. The van der Waals surface area contributed by atoms with Gasteiger partial charge in [-0.15, -0.1) is 0 Å². The molecule has 112 valence electrons. The van der Waals surface area contributed by atoms with Crippen LogP contribution < -0.4 is 5.32 Å². The molecular weight excluding hydrogens is 278 g/mol. The molecule has 7 nitrogen and oxygen atoms in total. The quantitative estimate of drug-likeness (QED) is 0.773. The summed E-state index contributed by atoms with van der Waals surface area (Å²) < 4.78 is 2.03. The molecule has 0 spiro atoms. The minimum Gasteiger partial charge on any atom is -0.336 e. The van der Waals surface area contributed by atoms with Crippen LogP contribution in [0.3, 0.4) is 0 Å². The summed E-state index contributed by atoms with van der Waals surface area (Å²) in [4.78, 5) is 9.37. The number of aromatic amines is 1. The Kier molecular flexibility index (Phi) is 2.50. The third-order valence-electron chi connectivity index (χ3n) is 4.57. The standard InChI is InChI=1S/C15H17N7/c1-2-9(3-1)14-19-12-7-16-21-13(12)15(20-14)18-10-6-17-22(8-10)11-4-5-11/h6-9,11H,1-5H2,(H,16,21)(H,18,19,20). The Morgan fingerprint density at radius 3 is 2.82 bits per heavy atom. The second-order valence-corrected chi connectivity index (χ2v) is 6.25. The molecule has 0 atom stereocenters. The fourth-order valence-corrected chi connectivity index (χ4v) is 2.88. The van der Waals surface area contributed by atoms with E-state index < -0.39 is 0 Å². The molecule has 3 heterocycles. The number of nitrogens with one attached hydrogen (secondary N) is 2. The van der Waals surface area contributed by atoms with Gasteiger partial charge in [-0.05, 0) is 25.7 Å². The highest BCUT2D eigenvalue weighted by Crippen LogP contribution is 2.37. The van der Waals surface area contributed by atoms with Crippen LogP contribution in [0.4, 0.5) is 11.5 Å². The molecule has 0 bridgehead atoms. The lowest BCUT2D eigenvalue weighted by atomic mass is 9.85. The molecule has 2 aliphatic rings. The van der Waals surface area contributed by atoms with Crippen LogP contribution in [0.5, 0.6) is 0 Å². The number of anilines is 2. The predicted molar refractivity (Wildman–Crippen MR) is 82.1 cm³/mol. The monoisotopic (exact) mass is 295 g/mol. The van der Waals surface area contributed by atoms with E-state index in [4.69, 9.17) is 4.98 Å². The Bertz CT molecular complexity index is 825. The van der Waals surface area contributed by atoms with E-state index in [-0.39, 0.29) is 0 Å². The van der Waals surface area contributed by atoms with E-state index >= 15 is 0 Å². The van der Waals surface area contributed by atoms with Crippen molar-refractivity contribution in [3.05, 3.63) is 24.4 Å². The molecule has 0 amide bonds. The molecule has 2 fully saturated rings. The zero-order valence-corrected chi connectivity index (χ0v) is 12.2. The highest BCUT2D eigenvalue weighted by Gasteiger charge is 2.25. The molecule has 0 saturated heterocycles. The molecule has 2 saturated carbocycles. The highest BCUT2D eigenvalue weighted by molar-refractivity contribution is 5.86. The Morgan fingerprint density at radius 1 is 1.14 bits per heavy atom. The van der Waals surface area contributed by atoms with E-state index in [9.17, 15) is 0 Å². The molecule has 0 aromatic carbocycles. The van der Waals surface area contributed by atoms with E-state index in [1.807, 2.05) is 17.1 Å². The van der Waals surface area contributed by atoms with Crippen molar-refractivity contribution in [1.29, 1.82) is 0 Å². The Balaban J connectivity index is 1.52. The Hall–Kier alpha value is -2.44. The van der Waals surface area contributed by atoms with Gasteiger partial charge in [-0.1, -0.05) is 6.42 Å². The third-order valence-corrected chi connectivity index (χ3v) is 4.57. The molecule has 5 rings (SSSR count). The molecule has 3 aromatic heterocycles. The average molecular weight is 295 g/mol. The maximum absolute atomic E-state index is 4.73. The molecular formula is C15H17N7. The molecule has 7 heteroatoms. The predicted octanol–water partition coefficient (Wildman–Crippen LogP) is 2.90. The summed E-state index contributed by atoms with van der Waals surface area (Å²) in [7, 11) is 0. The van der Waals surface area contributed by atoms with Gasteiger partial charge in [0.2, 0.25) is 0 Å². The van der Waals surface area contributed by atoms with E-state index in [0.29, 0.717) is 12.0 Å². The largest absolute Gasteiger partial charge is 0.336 e. The van der Waals surface area contributed by atoms with Crippen LogP contribution in [-0.2, 0) is 0 Å². The smallest absolute Gasteiger partial charge is 0.160 e. The first kappa shape index (κ1) is 12.1. The zero-order chi connectivity index (χ0) is 14.5. The average Bonchev–Trinajstić information content (AvgIpc) is 3.01. The number of fused-ring (bicyclic) bond motifs is 1. The first-order valence-corrected chi connectivity index (χ1v) is 7.89. The van der Waals surface area contributed by atoms with Gasteiger partial charge in [-0.25, -0.2) is 9.97 Å². The van der Waals surface area contributed by atoms with Crippen molar-refractivity contribution >= 4 is 22.5 Å². The van der Waals surface area contributed by atoms with E-state index in [1.165, 1.54) is 32.1 Å². The van der Waals surface area contributed by atoms with Gasteiger partial charge in [0.25, 0.3) is 0 Å². The number of hydrogen-bond acceptors (Lipinski definition) is 5. The first-order chi connectivity index (χ1) is 10.9. The van der Waals surface area contributed by atoms with E-state index in [1.54, 1.807) is 6.20 Å². The van der Waals surface area contributed by atoms with E-state index in [2.05, 4.69) is 25.6 Å². The number of H-pyrrole nitrogens is 1. The summed E-state index contributed by atoms with van der Waals surface area (Å²) in [5, 5.41) is 14.9. The van der Waals surface area contributed by atoms with E-state index in [0.717, 1.165) is 28.4 Å².